The maximum absolute atomic E-state index is 8.84. The van der Waals surface area contributed by atoms with Crippen molar-refractivity contribution < 1.29 is 5.21 Å². The van der Waals surface area contributed by atoms with Crippen LogP contribution < -0.4 is 5.32 Å². The van der Waals surface area contributed by atoms with Crippen LogP contribution >= 0.6 is 0 Å². The smallest absolute Gasteiger partial charge is 0.172 e. The maximum Gasteiger partial charge on any atom is 0.172 e. The van der Waals surface area contributed by atoms with Crippen LogP contribution in [0.25, 0.3) is 0 Å². The topological polar surface area (TPSA) is 44.6 Å². The van der Waals surface area contributed by atoms with Crippen molar-refractivity contribution in [3.63, 3.8) is 0 Å². The summed E-state index contributed by atoms with van der Waals surface area (Å²) in [6, 6.07) is 6.16. The first-order valence-electron chi connectivity index (χ1n) is 4.87. The Morgan fingerprint density at radius 1 is 1.43 bits per heavy atom. The maximum atomic E-state index is 8.84. The molecule has 1 aliphatic rings. The summed E-state index contributed by atoms with van der Waals surface area (Å²) < 4.78 is 0. The van der Waals surface area contributed by atoms with E-state index in [4.69, 9.17) is 5.21 Å². The van der Waals surface area contributed by atoms with Gasteiger partial charge in [0.1, 0.15) is 0 Å². The van der Waals surface area contributed by atoms with Crippen LogP contribution in [0.4, 0.5) is 0 Å². The summed E-state index contributed by atoms with van der Waals surface area (Å²) in [7, 11) is 1.77. The predicted octanol–water partition coefficient (Wildman–Crippen LogP) is 1.53. The highest BCUT2D eigenvalue weighted by atomic mass is 16.4. The fraction of sp³-hybridized carbons (Fsp3) is 0.364. The highest BCUT2D eigenvalue weighted by molar-refractivity contribution is 5.99. The monoisotopic (exact) mass is 190 g/mol. The van der Waals surface area contributed by atoms with E-state index >= 15 is 0 Å². The van der Waals surface area contributed by atoms with Gasteiger partial charge in [0.15, 0.2) is 5.84 Å². The van der Waals surface area contributed by atoms with Crippen LogP contribution in [-0.4, -0.2) is 18.1 Å². The van der Waals surface area contributed by atoms with Gasteiger partial charge in [0.05, 0.1) is 0 Å². The van der Waals surface area contributed by atoms with Gasteiger partial charge in [0.2, 0.25) is 0 Å². The molecule has 2 rings (SSSR count). The van der Waals surface area contributed by atoms with Crippen LogP contribution in [-0.2, 0) is 12.8 Å². The summed E-state index contributed by atoms with van der Waals surface area (Å²) in [5.74, 6) is 0.559. The van der Waals surface area contributed by atoms with Crippen molar-refractivity contribution in [2.75, 3.05) is 7.05 Å². The van der Waals surface area contributed by atoms with E-state index in [-0.39, 0.29) is 0 Å². The van der Waals surface area contributed by atoms with Gasteiger partial charge in [0, 0.05) is 12.6 Å². The van der Waals surface area contributed by atoms with Crippen LogP contribution in [0.3, 0.4) is 0 Å². The molecular formula is C11H14N2O. The molecule has 74 valence electrons. The summed E-state index contributed by atoms with van der Waals surface area (Å²) >= 11 is 0. The van der Waals surface area contributed by atoms with Gasteiger partial charge >= 0.3 is 0 Å². The van der Waals surface area contributed by atoms with Crippen molar-refractivity contribution in [1.82, 2.24) is 5.32 Å². The lowest BCUT2D eigenvalue weighted by atomic mass is 10.0. The summed E-state index contributed by atoms with van der Waals surface area (Å²) in [6.07, 6.45) is 3.44. The second-order valence-corrected chi connectivity index (χ2v) is 3.50. The zero-order chi connectivity index (χ0) is 9.97. The molecule has 0 heterocycles. The van der Waals surface area contributed by atoms with E-state index in [0.29, 0.717) is 5.84 Å². The number of amidine groups is 1. The van der Waals surface area contributed by atoms with Crippen molar-refractivity contribution >= 4 is 5.84 Å². The average Bonchev–Trinajstić information content (AvgIpc) is 2.68. The first kappa shape index (κ1) is 9.06. The Bertz CT molecular complexity index is 372. The Hall–Kier alpha value is -1.51. The van der Waals surface area contributed by atoms with Crippen molar-refractivity contribution in [3.8, 4) is 0 Å². The predicted molar refractivity (Wildman–Crippen MR) is 55.9 cm³/mol. The average molecular weight is 190 g/mol. The lowest BCUT2D eigenvalue weighted by Crippen LogP contribution is -2.21. The van der Waals surface area contributed by atoms with E-state index < -0.39 is 0 Å². The van der Waals surface area contributed by atoms with Crippen molar-refractivity contribution in [1.29, 1.82) is 0 Å². The molecule has 2 N–H and O–H groups in total. The summed E-state index contributed by atoms with van der Waals surface area (Å²) in [6.45, 7) is 0. The van der Waals surface area contributed by atoms with Gasteiger partial charge in [-0.1, -0.05) is 23.4 Å². The third-order valence-corrected chi connectivity index (χ3v) is 2.74. The molecule has 0 amide bonds. The molecule has 0 unspecified atom stereocenters. The fourth-order valence-corrected chi connectivity index (χ4v) is 2.08. The zero-order valence-corrected chi connectivity index (χ0v) is 8.25. The minimum Gasteiger partial charge on any atom is -0.409 e. The zero-order valence-electron chi connectivity index (χ0n) is 8.25. The minimum absolute atomic E-state index is 0.559. The third-order valence-electron chi connectivity index (χ3n) is 2.74. The van der Waals surface area contributed by atoms with Gasteiger partial charge in [-0.3, -0.25) is 0 Å². The van der Waals surface area contributed by atoms with Gasteiger partial charge in [-0.05, 0) is 30.4 Å². The molecule has 0 atom stereocenters. The van der Waals surface area contributed by atoms with E-state index in [0.717, 1.165) is 18.4 Å². The number of nitrogens with one attached hydrogen (secondary N) is 1. The molecule has 0 fully saturated rings. The molecule has 0 aromatic heterocycles. The number of nitrogens with zero attached hydrogens (tertiary/aromatic N) is 1. The van der Waals surface area contributed by atoms with E-state index in [1.165, 1.54) is 17.5 Å². The molecule has 1 aromatic rings. The molecule has 1 aliphatic carbocycles. The highest BCUT2D eigenvalue weighted by Gasteiger charge is 2.16. The normalized spacial score (nSPS) is 15.4. The summed E-state index contributed by atoms with van der Waals surface area (Å²) in [5.41, 5.74) is 3.75. The molecule has 3 heteroatoms. The quantitative estimate of drug-likeness (QED) is 0.305. The third kappa shape index (κ3) is 1.35. The molecular weight excluding hydrogens is 176 g/mol. The molecule has 0 spiro atoms. The minimum atomic E-state index is 0.559. The lowest BCUT2D eigenvalue weighted by molar-refractivity contribution is 0.317. The first-order chi connectivity index (χ1) is 6.86. The fourth-order valence-electron chi connectivity index (χ4n) is 2.08. The Morgan fingerprint density at radius 2 is 2.29 bits per heavy atom. The van der Waals surface area contributed by atoms with Gasteiger partial charge in [0.25, 0.3) is 0 Å². The number of aryl methyl sites for hydroxylation is 1. The van der Waals surface area contributed by atoms with Crippen LogP contribution in [0.15, 0.2) is 23.4 Å². The molecule has 0 aliphatic heterocycles. The van der Waals surface area contributed by atoms with E-state index in [1.54, 1.807) is 7.05 Å². The Kier molecular flexibility index (Phi) is 2.39. The van der Waals surface area contributed by atoms with Crippen molar-refractivity contribution in [3.05, 3.63) is 34.9 Å². The second-order valence-electron chi connectivity index (χ2n) is 3.50. The second kappa shape index (κ2) is 3.70. The van der Waals surface area contributed by atoms with Crippen LogP contribution in [0.1, 0.15) is 23.1 Å². The molecule has 1 aromatic carbocycles. The standard InChI is InChI=1S/C11H14N2O/c1-12-11(13-14)10-7-3-5-8-4-2-6-9(8)10/h3,5,7,14H,2,4,6H2,1H3,(H,12,13). The highest BCUT2D eigenvalue weighted by Crippen LogP contribution is 2.25. The van der Waals surface area contributed by atoms with Crippen LogP contribution in [0.5, 0.6) is 0 Å². The SMILES string of the molecule is CN/C(=N\O)c1cccc2c1CCC2. The number of oxime groups is 1. The van der Waals surface area contributed by atoms with Crippen LogP contribution in [0, 0.1) is 0 Å². The largest absolute Gasteiger partial charge is 0.409 e. The summed E-state index contributed by atoms with van der Waals surface area (Å²) in [4.78, 5) is 0. The number of benzene rings is 1. The summed E-state index contributed by atoms with van der Waals surface area (Å²) in [5, 5.41) is 15.0. The Labute approximate surface area is 83.4 Å². The molecule has 0 saturated heterocycles. The van der Waals surface area contributed by atoms with E-state index in [2.05, 4.69) is 16.5 Å². The van der Waals surface area contributed by atoms with Crippen molar-refractivity contribution in [2.45, 2.75) is 19.3 Å². The van der Waals surface area contributed by atoms with Gasteiger partial charge in [-0.15, -0.1) is 0 Å². The van der Waals surface area contributed by atoms with Gasteiger partial charge < -0.3 is 10.5 Å². The van der Waals surface area contributed by atoms with Crippen LogP contribution in [0.2, 0.25) is 0 Å². The number of hydrogen-bond acceptors (Lipinski definition) is 2. The Morgan fingerprint density at radius 3 is 3.00 bits per heavy atom. The van der Waals surface area contributed by atoms with Crippen molar-refractivity contribution in [2.24, 2.45) is 5.16 Å². The molecule has 3 nitrogen and oxygen atoms in total. The number of hydrogen-bond donors (Lipinski definition) is 2. The molecule has 14 heavy (non-hydrogen) atoms. The molecule has 0 radical (unpaired) electrons. The molecule has 0 bridgehead atoms. The number of rotatable bonds is 1. The number of fused-ring (bicyclic) bond motifs is 1. The van der Waals surface area contributed by atoms with E-state index in [1.807, 2.05) is 12.1 Å². The van der Waals surface area contributed by atoms with E-state index in [9.17, 15) is 0 Å². The first-order valence-corrected chi connectivity index (χ1v) is 4.87. The Balaban J connectivity index is 2.49. The molecule has 0 saturated carbocycles. The van der Waals surface area contributed by atoms with Gasteiger partial charge in [-0.2, -0.15) is 0 Å². The van der Waals surface area contributed by atoms with Gasteiger partial charge in [-0.25, -0.2) is 0 Å². The lowest BCUT2D eigenvalue weighted by Gasteiger charge is -2.08.